The highest BCUT2D eigenvalue weighted by atomic mass is 16.7. The number of carboxylic acid groups (broad SMARTS) is 1. The fourth-order valence-electron chi connectivity index (χ4n) is 4.21. The predicted octanol–water partition coefficient (Wildman–Crippen LogP) is 6.05. The number of benzene rings is 4. The van der Waals surface area contributed by atoms with Gasteiger partial charge in [0.2, 0.25) is 12.7 Å². The third kappa shape index (κ3) is 6.93. The van der Waals surface area contributed by atoms with Gasteiger partial charge in [-0.15, -0.1) is 0 Å². The van der Waals surface area contributed by atoms with Crippen molar-refractivity contribution >= 4 is 39.9 Å². The Balaban J connectivity index is 0.00000172. The van der Waals surface area contributed by atoms with Crippen LogP contribution in [0.15, 0.2) is 78.9 Å². The number of rotatable bonds is 8. The molecule has 39 heavy (non-hydrogen) atoms. The summed E-state index contributed by atoms with van der Waals surface area (Å²) in [6.07, 6.45) is 0.352. The molecule has 0 saturated heterocycles. The van der Waals surface area contributed by atoms with Crippen molar-refractivity contribution in [3.63, 3.8) is 0 Å². The van der Waals surface area contributed by atoms with E-state index in [0.29, 0.717) is 40.4 Å². The topological polar surface area (TPSA) is 114 Å². The molecule has 1 aliphatic heterocycles. The number of hydrogen-bond acceptors (Lipinski definition) is 5. The molecule has 0 atom stereocenters. The molecule has 8 nitrogen and oxygen atoms in total. The third-order valence-electron chi connectivity index (χ3n) is 6.05. The molecule has 0 saturated carbocycles. The highest BCUT2D eigenvalue weighted by Gasteiger charge is 2.21. The summed E-state index contributed by atoms with van der Waals surface area (Å²) in [4.78, 5) is 36.9. The van der Waals surface area contributed by atoms with Gasteiger partial charge in [0, 0.05) is 29.4 Å². The molecule has 5 rings (SSSR count). The molecular weight excluding hydrogens is 496 g/mol. The molecule has 1 heterocycles. The molecule has 1 aliphatic rings. The first-order chi connectivity index (χ1) is 18.9. The van der Waals surface area contributed by atoms with E-state index in [-0.39, 0.29) is 31.4 Å². The van der Waals surface area contributed by atoms with Gasteiger partial charge in [-0.3, -0.25) is 14.4 Å². The quantitative estimate of drug-likeness (QED) is 0.258. The van der Waals surface area contributed by atoms with Gasteiger partial charge in [-0.05, 0) is 58.7 Å². The molecule has 3 N–H and O–H groups in total. The van der Waals surface area contributed by atoms with Crippen LogP contribution in [0.1, 0.15) is 41.8 Å². The molecule has 4 aromatic rings. The van der Waals surface area contributed by atoms with Crippen LogP contribution in [-0.2, 0) is 22.4 Å². The molecule has 4 aromatic carbocycles. The number of aryl methyl sites for hydroxylation is 1. The molecule has 0 aromatic heterocycles. The smallest absolute Gasteiger partial charge is 0.303 e. The minimum atomic E-state index is -0.879. The van der Waals surface area contributed by atoms with Gasteiger partial charge < -0.3 is 25.2 Å². The number of carboxylic acids is 1. The summed E-state index contributed by atoms with van der Waals surface area (Å²) in [6, 6.07) is 23.7. The van der Waals surface area contributed by atoms with E-state index < -0.39 is 5.97 Å². The zero-order chi connectivity index (χ0) is 27.8. The Morgan fingerprint density at radius 3 is 2.33 bits per heavy atom. The number of hydrogen-bond donors (Lipinski definition) is 3. The number of nitrogens with one attached hydrogen (secondary N) is 2. The van der Waals surface area contributed by atoms with Crippen LogP contribution in [-0.4, -0.2) is 29.7 Å². The Kier molecular flexibility index (Phi) is 8.78. The highest BCUT2D eigenvalue weighted by molar-refractivity contribution is 6.07. The Labute approximate surface area is 226 Å². The Hall–Kier alpha value is -4.85. The summed E-state index contributed by atoms with van der Waals surface area (Å²) in [5.74, 6) is -0.491. The molecular formula is C31H30N2O6. The van der Waals surface area contributed by atoms with Crippen molar-refractivity contribution in [2.45, 2.75) is 33.1 Å². The van der Waals surface area contributed by atoms with Gasteiger partial charge in [0.1, 0.15) is 0 Å². The predicted molar refractivity (Wildman–Crippen MR) is 151 cm³/mol. The summed E-state index contributed by atoms with van der Waals surface area (Å²) in [6.45, 7) is 4.06. The summed E-state index contributed by atoms with van der Waals surface area (Å²) < 4.78 is 11.0. The van der Waals surface area contributed by atoms with E-state index in [0.717, 1.165) is 16.3 Å². The van der Waals surface area contributed by atoms with Gasteiger partial charge in [0.15, 0.2) is 11.5 Å². The maximum absolute atomic E-state index is 13.1. The van der Waals surface area contributed by atoms with Gasteiger partial charge in [-0.25, -0.2) is 0 Å². The molecule has 200 valence electrons. The fourth-order valence-corrected chi connectivity index (χ4v) is 4.21. The first kappa shape index (κ1) is 27.2. The van der Waals surface area contributed by atoms with E-state index in [4.69, 9.17) is 14.6 Å². The van der Waals surface area contributed by atoms with Crippen LogP contribution in [0.2, 0.25) is 0 Å². The van der Waals surface area contributed by atoms with E-state index in [1.165, 1.54) is 0 Å². The summed E-state index contributed by atoms with van der Waals surface area (Å²) in [7, 11) is 0. The molecule has 2 amide bonds. The number of carbonyl (C=O) groups excluding carboxylic acids is 2. The van der Waals surface area contributed by atoms with Crippen LogP contribution in [0.3, 0.4) is 0 Å². The van der Waals surface area contributed by atoms with Crippen molar-refractivity contribution in [2.24, 2.45) is 0 Å². The van der Waals surface area contributed by atoms with Gasteiger partial charge in [-0.1, -0.05) is 56.3 Å². The second-order valence-electron chi connectivity index (χ2n) is 8.70. The minimum absolute atomic E-state index is 0.00879. The SMILES string of the molecule is CC.O=C(O)CCc1cccc(NC(=O)Cc2cc3c(cc2NC(=O)c2ccc4ccccc4c2)OCO3)c1. The van der Waals surface area contributed by atoms with Crippen molar-refractivity contribution < 1.29 is 29.0 Å². The number of ether oxygens (including phenoxy) is 2. The summed E-state index contributed by atoms with van der Waals surface area (Å²) in [5.41, 5.74) is 2.89. The van der Waals surface area contributed by atoms with Crippen LogP contribution in [0, 0.1) is 0 Å². The van der Waals surface area contributed by atoms with Crippen LogP contribution in [0.4, 0.5) is 11.4 Å². The van der Waals surface area contributed by atoms with Gasteiger partial charge in [-0.2, -0.15) is 0 Å². The Morgan fingerprint density at radius 1 is 0.821 bits per heavy atom. The lowest BCUT2D eigenvalue weighted by molar-refractivity contribution is -0.137. The number of fused-ring (bicyclic) bond motifs is 2. The average Bonchev–Trinajstić information content (AvgIpc) is 3.40. The molecule has 0 bridgehead atoms. The molecule has 8 heteroatoms. The number of aliphatic carboxylic acids is 1. The van der Waals surface area contributed by atoms with Gasteiger partial charge >= 0.3 is 5.97 Å². The number of anilines is 2. The third-order valence-corrected chi connectivity index (χ3v) is 6.05. The maximum atomic E-state index is 13.1. The number of amides is 2. The van der Waals surface area contributed by atoms with Crippen LogP contribution in [0.25, 0.3) is 10.8 Å². The zero-order valence-electron chi connectivity index (χ0n) is 21.8. The largest absolute Gasteiger partial charge is 0.481 e. The highest BCUT2D eigenvalue weighted by Crippen LogP contribution is 2.37. The molecule has 0 aliphatic carbocycles. The molecule has 0 radical (unpaired) electrons. The van der Waals surface area contributed by atoms with Gasteiger partial charge in [0.05, 0.1) is 6.42 Å². The second kappa shape index (κ2) is 12.6. The van der Waals surface area contributed by atoms with E-state index in [2.05, 4.69) is 10.6 Å². The standard InChI is InChI=1S/C29H24N2O6.C2H6/c32-27(30-23-7-3-4-18(12-23)8-11-28(33)34)15-22-14-25-26(37-17-36-25)16-24(22)31-29(35)21-10-9-19-5-1-2-6-20(19)13-21;1-2/h1-7,9-10,12-14,16H,8,11,15,17H2,(H,30,32)(H,31,35)(H,33,34);1-2H3. The lowest BCUT2D eigenvalue weighted by Gasteiger charge is -2.13. The van der Waals surface area contributed by atoms with Crippen LogP contribution in [0.5, 0.6) is 11.5 Å². The van der Waals surface area contributed by atoms with E-state index in [9.17, 15) is 14.4 Å². The van der Waals surface area contributed by atoms with Crippen LogP contribution >= 0.6 is 0 Å². The second-order valence-corrected chi connectivity index (χ2v) is 8.70. The van der Waals surface area contributed by atoms with E-state index in [1.54, 1.807) is 36.4 Å². The first-order valence-corrected chi connectivity index (χ1v) is 12.8. The summed E-state index contributed by atoms with van der Waals surface area (Å²) in [5, 5.41) is 16.7. The lowest BCUT2D eigenvalue weighted by Crippen LogP contribution is -2.18. The maximum Gasteiger partial charge on any atom is 0.303 e. The van der Waals surface area contributed by atoms with E-state index >= 15 is 0 Å². The summed E-state index contributed by atoms with van der Waals surface area (Å²) >= 11 is 0. The van der Waals surface area contributed by atoms with Crippen molar-refractivity contribution in [1.29, 1.82) is 0 Å². The molecule has 0 fully saturated rings. The van der Waals surface area contributed by atoms with Crippen molar-refractivity contribution in [3.05, 3.63) is 95.6 Å². The van der Waals surface area contributed by atoms with E-state index in [1.807, 2.05) is 56.3 Å². The minimum Gasteiger partial charge on any atom is -0.481 e. The first-order valence-electron chi connectivity index (χ1n) is 12.8. The monoisotopic (exact) mass is 526 g/mol. The fraction of sp³-hybridized carbons (Fsp3) is 0.194. The normalized spacial score (nSPS) is 11.3. The average molecular weight is 527 g/mol. The van der Waals surface area contributed by atoms with Crippen molar-refractivity contribution in [1.82, 2.24) is 0 Å². The van der Waals surface area contributed by atoms with Gasteiger partial charge in [0.25, 0.3) is 5.91 Å². The zero-order valence-corrected chi connectivity index (χ0v) is 21.8. The van der Waals surface area contributed by atoms with Crippen molar-refractivity contribution in [2.75, 3.05) is 17.4 Å². The van der Waals surface area contributed by atoms with Crippen LogP contribution < -0.4 is 20.1 Å². The molecule has 0 spiro atoms. The molecule has 0 unspecified atom stereocenters. The Bertz CT molecular complexity index is 1510. The lowest BCUT2D eigenvalue weighted by atomic mass is 10.0. The number of carbonyl (C=O) groups is 3. The van der Waals surface area contributed by atoms with Crippen molar-refractivity contribution in [3.8, 4) is 11.5 Å². The Morgan fingerprint density at radius 2 is 1.56 bits per heavy atom.